The SMILES string of the molecule is COc1ccc(-c2nnc3c4cc(OC)c(OC)cc4n(Cc4cccc(C)c4)cc2-3)cc1. The van der Waals surface area contributed by atoms with E-state index < -0.39 is 0 Å². The molecule has 0 saturated heterocycles. The molecule has 0 amide bonds. The molecule has 0 aromatic heterocycles. The predicted octanol–water partition coefficient (Wildman–Crippen LogP) is 5.59. The van der Waals surface area contributed by atoms with E-state index in [0.29, 0.717) is 18.0 Å². The van der Waals surface area contributed by atoms with E-state index in [1.807, 2.05) is 36.4 Å². The minimum atomic E-state index is 0.661. The Morgan fingerprint density at radius 1 is 0.788 bits per heavy atom. The first-order chi connectivity index (χ1) is 16.1. The number of fused-ring (bicyclic) bond motifs is 3. The second-order valence-corrected chi connectivity index (χ2v) is 8.01. The van der Waals surface area contributed by atoms with Gasteiger partial charge in [-0.25, -0.2) is 0 Å². The lowest BCUT2D eigenvalue weighted by Gasteiger charge is -2.18. The Hall–Kier alpha value is -4.06. The standard InChI is InChI=1S/C27H25N3O3/c1-17-6-5-7-18(12-17)15-30-16-22-26(19-8-10-20(31-2)11-9-19)28-29-27(22)21-13-24(32-3)25(33-4)14-23(21)30/h5-14,16H,15H2,1-4H3. The fourth-order valence-electron chi connectivity index (χ4n) is 4.26. The van der Waals surface area contributed by atoms with Crippen molar-refractivity contribution >= 4 is 10.9 Å². The Morgan fingerprint density at radius 3 is 2.21 bits per heavy atom. The zero-order valence-corrected chi connectivity index (χ0v) is 19.1. The topological polar surface area (TPSA) is 58.4 Å². The number of benzene rings is 3. The van der Waals surface area contributed by atoms with Gasteiger partial charge in [-0.2, -0.15) is 0 Å². The molecule has 0 radical (unpaired) electrons. The van der Waals surface area contributed by atoms with Gasteiger partial charge < -0.3 is 18.8 Å². The van der Waals surface area contributed by atoms with Crippen LogP contribution >= 0.6 is 0 Å². The largest absolute Gasteiger partial charge is 0.497 e. The average Bonchev–Trinajstić information content (AvgIpc) is 3.27. The molecule has 0 saturated carbocycles. The van der Waals surface area contributed by atoms with E-state index in [-0.39, 0.29) is 0 Å². The summed E-state index contributed by atoms with van der Waals surface area (Å²) in [5, 5.41) is 10.1. The molecule has 0 atom stereocenters. The number of aryl methyl sites for hydroxylation is 1. The molecule has 33 heavy (non-hydrogen) atoms. The highest BCUT2D eigenvalue weighted by atomic mass is 16.5. The van der Waals surface area contributed by atoms with E-state index in [0.717, 1.165) is 39.2 Å². The molecule has 5 rings (SSSR count). The number of hydrogen-bond acceptors (Lipinski definition) is 5. The Balaban J connectivity index is 1.75. The average molecular weight is 440 g/mol. The number of ether oxygens (including phenoxy) is 3. The van der Waals surface area contributed by atoms with Crippen LogP contribution in [-0.4, -0.2) is 36.1 Å². The van der Waals surface area contributed by atoms with Gasteiger partial charge in [-0.1, -0.05) is 29.8 Å². The van der Waals surface area contributed by atoms with E-state index in [1.165, 1.54) is 11.1 Å². The molecule has 2 heterocycles. The van der Waals surface area contributed by atoms with Gasteiger partial charge in [0.25, 0.3) is 0 Å². The van der Waals surface area contributed by atoms with Crippen molar-refractivity contribution in [1.29, 1.82) is 0 Å². The Morgan fingerprint density at radius 2 is 1.52 bits per heavy atom. The molecule has 166 valence electrons. The van der Waals surface area contributed by atoms with Crippen LogP contribution in [-0.2, 0) is 6.54 Å². The highest BCUT2D eigenvalue weighted by Crippen LogP contribution is 2.41. The van der Waals surface area contributed by atoms with Gasteiger partial charge in [-0.15, -0.1) is 10.2 Å². The summed E-state index contributed by atoms with van der Waals surface area (Å²) in [5.41, 5.74) is 7.08. The van der Waals surface area contributed by atoms with Crippen LogP contribution in [0.4, 0.5) is 0 Å². The second kappa shape index (κ2) is 8.47. The summed E-state index contributed by atoms with van der Waals surface area (Å²) in [4.78, 5) is 0. The minimum absolute atomic E-state index is 0.661. The van der Waals surface area contributed by atoms with E-state index in [1.54, 1.807) is 21.3 Å². The second-order valence-electron chi connectivity index (χ2n) is 8.01. The molecule has 0 N–H and O–H groups in total. The van der Waals surface area contributed by atoms with E-state index in [9.17, 15) is 0 Å². The van der Waals surface area contributed by atoms with Crippen molar-refractivity contribution in [3.63, 3.8) is 0 Å². The summed E-state index contributed by atoms with van der Waals surface area (Å²) in [7, 11) is 4.95. The maximum Gasteiger partial charge on any atom is 0.162 e. The first kappa shape index (κ1) is 20.8. The summed E-state index contributed by atoms with van der Waals surface area (Å²) in [5.74, 6) is 2.14. The zero-order chi connectivity index (χ0) is 22.9. The highest BCUT2D eigenvalue weighted by Gasteiger charge is 2.22. The summed E-state index contributed by atoms with van der Waals surface area (Å²) in [6.07, 6.45) is 2.13. The highest BCUT2D eigenvalue weighted by molar-refractivity contribution is 5.99. The van der Waals surface area contributed by atoms with Crippen LogP contribution in [0.2, 0.25) is 0 Å². The van der Waals surface area contributed by atoms with Crippen molar-refractivity contribution in [1.82, 2.24) is 14.8 Å². The maximum absolute atomic E-state index is 5.59. The molecule has 0 aliphatic carbocycles. The van der Waals surface area contributed by atoms with Gasteiger partial charge in [-0.05, 0) is 42.8 Å². The van der Waals surface area contributed by atoms with Crippen molar-refractivity contribution < 1.29 is 14.2 Å². The molecule has 6 heteroatoms. The van der Waals surface area contributed by atoms with E-state index >= 15 is 0 Å². The van der Waals surface area contributed by atoms with E-state index in [2.05, 4.69) is 52.2 Å². The molecule has 0 unspecified atom stereocenters. The Bertz CT molecular complexity index is 1410. The van der Waals surface area contributed by atoms with Crippen molar-refractivity contribution in [3.8, 4) is 39.8 Å². The Labute approximate surface area is 192 Å². The molecule has 2 aliphatic rings. The third-order valence-corrected chi connectivity index (χ3v) is 5.91. The number of hydrogen-bond donors (Lipinski definition) is 0. The lowest BCUT2D eigenvalue weighted by molar-refractivity contribution is 0.355. The number of methoxy groups -OCH3 is 3. The van der Waals surface area contributed by atoms with Crippen LogP contribution in [0.3, 0.4) is 0 Å². The smallest absolute Gasteiger partial charge is 0.162 e. The fourth-order valence-corrected chi connectivity index (χ4v) is 4.26. The van der Waals surface area contributed by atoms with Crippen molar-refractivity contribution in [2.24, 2.45) is 0 Å². The first-order valence-electron chi connectivity index (χ1n) is 10.7. The van der Waals surface area contributed by atoms with Gasteiger partial charge in [0.1, 0.15) is 17.1 Å². The molecular weight excluding hydrogens is 414 g/mol. The molecule has 0 fully saturated rings. The van der Waals surface area contributed by atoms with Crippen LogP contribution < -0.4 is 14.2 Å². The van der Waals surface area contributed by atoms with Crippen LogP contribution in [0, 0.1) is 6.92 Å². The molecule has 3 aromatic rings. The van der Waals surface area contributed by atoms with Crippen LogP contribution in [0.25, 0.3) is 33.4 Å². The monoisotopic (exact) mass is 439 g/mol. The number of nitrogens with zero attached hydrogens (tertiary/aromatic N) is 3. The summed E-state index contributed by atoms with van der Waals surface area (Å²) < 4.78 is 18.7. The van der Waals surface area contributed by atoms with Gasteiger partial charge in [0.05, 0.1) is 26.8 Å². The molecule has 0 bridgehead atoms. The lowest BCUT2D eigenvalue weighted by Crippen LogP contribution is -2.05. The van der Waals surface area contributed by atoms with Crippen molar-refractivity contribution in [3.05, 3.63) is 78.0 Å². The molecule has 2 aliphatic heterocycles. The van der Waals surface area contributed by atoms with Gasteiger partial charge in [0, 0.05) is 35.3 Å². The lowest BCUT2D eigenvalue weighted by atomic mass is 10.0. The summed E-state index contributed by atoms with van der Waals surface area (Å²) >= 11 is 0. The molecule has 3 aromatic carbocycles. The predicted molar refractivity (Wildman–Crippen MR) is 130 cm³/mol. The maximum atomic E-state index is 5.59. The van der Waals surface area contributed by atoms with Crippen molar-refractivity contribution in [2.45, 2.75) is 13.5 Å². The molecule has 6 nitrogen and oxygen atoms in total. The Kier molecular flexibility index (Phi) is 5.34. The minimum Gasteiger partial charge on any atom is -0.497 e. The van der Waals surface area contributed by atoms with Gasteiger partial charge in [0.2, 0.25) is 0 Å². The van der Waals surface area contributed by atoms with Crippen LogP contribution in [0.15, 0.2) is 66.9 Å². The quantitative estimate of drug-likeness (QED) is 0.345. The van der Waals surface area contributed by atoms with E-state index in [4.69, 9.17) is 14.2 Å². The third-order valence-electron chi connectivity index (χ3n) is 5.91. The fraction of sp³-hybridized carbons (Fsp3) is 0.185. The first-order valence-corrected chi connectivity index (χ1v) is 10.7. The number of aromatic nitrogens is 3. The normalized spacial score (nSPS) is 11.2. The van der Waals surface area contributed by atoms with Crippen LogP contribution in [0.5, 0.6) is 17.2 Å². The zero-order valence-electron chi connectivity index (χ0n) is 19.1. The summed E-state index contributed by atoms with van der Waals surface area (Å²) in [6.45, 7) is 2.81. The molecular formula is C27H25N3O3. The molecule has 0 spiro atoms. The van der Waals surface area contributed by atoms with Gasteiger partial charge in [-0.3, -0.25) is 0 Å². The third kappa shape index (κ3) is 3.74. The number of rotatable bonds is 6. The number of pyridine rings is 1. The summed E-state index contributed by atoms with van der Waals surface area (Å²) in [6, 6.07) is 20.4. The van der Waals surface area contributed by atoms with Crippen molar-refractivity contribution in [2.75, 3.05) is 21.3 Å². The van der Waals surface area contributed by atoms with Crippen LogP contribution in [0.1, 0.15) is 11.1 Å². The van der Waals surface area contributed by atoms with Gasteiger partial charge in [0.15, 0.2) is 11.5 Å². The van der Waals surface area contributed by atoms with Gasteiger partial charge >= 0.3 is 0 Å².